The van der Waals surface area contributed by atoms with Crippen LogP contribution in [0.15, 0.2) is 30.9 Å². The Morgan fingerprint density at radius 2 is 2.17 bits per heavy atom. The Bertz CT molecular complexity index is 590. The van der Waals surface area contributed by atoms with Crippen LogP contribution in [0.2, 0.25) is 0 Å². The molecule has 1 aromatic rings. The number of likely N-dealkylation sites (tertiary alicyclic amines) is 1. The van der Waals surface area contributed by atoms with Crippen LogP contribution in [0.25, 0.3) is 0 Å². The third kappa shape index (κ3) is 4.42. The molecule has 6 heteroatoms. The van der Waals surface area contributed by atoms with Gasteiger partial charge in [-0.3, -0.25) is 4.79 Å². The molecule has 2 rings (SSSR count). The Labute approximate surface area is 150 Å². The molecule has 24 heavy (non-hydrogen) atoms. The molecule has 1 aliphatic rings. The second-order valence-corrected chi connectivity index (χ2v) is 6.58. The van der Waals surface area contributed by atoms with Crippen molar-refractivity contribution in [1.82, 2.24) is 4.90 Å². The van der Waals surface area contributed by atoms with Crippen LogP contribution in [0.1, 0.15) is 30.6 Å². The van der Waals surface area contributed by atoms with Crippen LogP contribution in [-0.2, 0) is 0 Å². The van der Waals surface area contributed by atoms with Crippen molar-refractivity contribution in [2.24, 2.45) is 11.1 Å². The number of carbonyl (C=O) groups is 1. The number of hydrogen-bond donors (Lipinski definition) is 1. The van der Waals surface area contributed by atoms with Gasteiger partial charge in [-0.05, 0) is 30.0 Å². The molecule has 1 aliphatic heterocycles. The van der Waals surface area contributed by atoms with Gasteiger partial charge >= 0.3 is 0 Å². The van der Waals surface area contributed by atoms with E-state index in [0.717, 1.165) is 6.42 Å². The summed E-state index contributed by atoms with van der Waals surface area (Å²) in [4.78, 5) is 14.6. The number of benzene rings is 1. The van der Waals surface area contributed by atoms with Gasteiger partial charge in [0.25, 0.3) is 5.91 Å². The summed E-state index contributed by atoms with van der Waals surface area (Å²) >= 11 is 0. The average Bonchev–Trinajstić information content (AvgIpc) is 2.54. The molecule has 1 amide bonds. The minimum absolute atomic E-state index is 0. The molecular weight excluding hydrogens is 328 g/mol. The van der Waals surface area contributed by atoms with E-state index in [-0.39, 0.29) is 29.8 Å². The summed E-state index contributed by atoms with van der Waals surface area (Å²) in [7, 11) is 1.56. The molecule has 0 aromatic heterocycles. The first-order chi connectivity index (χ1) is 10.9. The molecule has 0 bridgehead atoms. The van der Waals surface area contributed by atoms with Crippen LogP contribution >= 0.6 is 12.4 Å². The van der Waals surface area contributed by atoms with Crippen molar-refractivity contribution in [3.63, 3.8) is 0 Å². The van der Waals surface area contributed by atoms with Gasteiger partial charge in [-0.25, -0.2) is 0 Å². The summed E-state index contributed by atoms with van der Waals surface area (Å²) in [5.74, 6) is 1.15. The SMILES string of the molecule is C=CCOc1ccc(C(=O)N2CCC(N)C(C)(C)C2)cc1OC.Cl. The summed E-state index contributed by atoms with van der Waals surface area (Å²) in [6.45, 7) is 9.55. The number of methoxy groups -OCH3 is 1. The second-order valence-electron chi connectivity index (χ2n) is 6.58. The Kier molecular flexibility index (Phi) is 7.11. The molecule has 134 valence electrons. The lowest BCUT2D eigenvalue weighted by atomic mass is 9.79. The van der Waals surface area contributed by atoms with E-state index in [2.05, 4.69) is 20.4 Å². The first-order valence-electron chi connectivity index (χ1n) is 7.85. The summed E-state index contributed by atoms with van der Waals surface area (Å²) in [6, 6.07) is 5.37. The van der Waals surface area contributed by atoms with Crippen LogP contribution in [0.4, 0.5) is 0 Å². The van der Waals surface area contributed by atoms with Gasteiger partial charge in [0.1, 0.15) is 6.61 Å². The predicted octanol–water partition coefficient (Wildman–Crippen LogP) is 2.88. The number of carbonyl (C=O) groups excluding carboxylic acids is 1. The number of nitrogens with zero attached hydrogens (tertiary/aromatic N) is 1. The van der Waals surface area contributed by atoms with E-state index in [1.165, 1.54) is 0 Å². The highest BCUT2D eigenvalue weighted by atomic mass is 35.5. The molecule has 0 spiro atoms. The van der Waals surface area contributed by atoms with Crippen molar-refractivity contribution >= 4 is 18.3 Å². The van der Waals surface area contributed by atoms with Crippen molar-refractivity contribution in [2.75, 3.05) is 26.8 Å². The average molecular weight is 355 g/mol. The third-order valence-electron chi connectivity index (χ3n) is 4.37. The van der Waals surface area contributed by atoms with Crippen molar-refractivity contribution in [3.8, 4) is 11.5 Å². The van der Waals surface area contributed by atoms with Gasteiger partial charge in [-0.1, -0.05) is 26.5 Å². The van der Waals surface area contributed by atoms with E-state index in [1.807, 2.05) is 4.90 Å². The number of ether oxygens (including phenoxy) is 2. The quantitative estimate of drug-likeness (QED) is 0.826. The number of nitrogens with two attached hydrogens (primary N) is 1. The largest absolute Gasteiger partial charge is 0.493 e. The zero-order chi connectivity index (χ0) is 17.0. The number of piperidine rings is 1. The maximum absolute atomic E-state index is 12.8. The highest BCUT2D eigenvalue weighted by Gasteiger charge is 2.35. The van der Waals surface area contributed by atoms with Gasteiger partial charge in [-0.15, -0.1) is 12.4 Å². The summed E-state index contributed by atoms with van der Waals surface area (Å²) in [5, 5.41) is 0. The molecule has 1 aromatic carbocycles. The summed E-state index contributed by atoms with van der Waals surface area (Å²) < 4.78 is 10.8. The van der Waals surface area contributed by atoms with Gasteiger partial charge < -0.3 is 20.1 Å². The van der Waals surface area contributed by atoms with E-state index < -0.39 is 0 Å². The first kappa shape index (κ1) is 20.3. The van der Waals surface area contributed by atoms with E-state index in [0.29, 0.717) is 36.8 Å². The molecule has 1 fully saturated rings. The number of rotatable bonds is 5. The maximum Gasteiger partial charge on any atom is 0.254 e. The standard InChI is InChI=1S/C18H26N2O3.ClH/c1-5-10-23-14-7-6-13(11-15(14)22-4)17(21)20-9-8-16(19)18(2,3)12-20;/h5-7,11,16H,1,8-10,12,19H2,2-4H3;1H. The normalized spacial score (nSPS) is 19.2. The Hall–Kier alpha value is -1.72. The number of hydrogen-bond acceptors (Lipinski definition) is 4. The van der Waals surface area contributed by atoms with Crippen molar-refractivity contribution in [1.29, 1.82) is 0 Å². The molecule has 1 saturated heterocycles. The zero-order valence-electron chi connectivity index (χ0n) is 14.6. The monoisotopic (exact) mass is 354 g/mol. The fourth-order valence-electron chi connectivity index (χ4n) is 2.80. The van der Waals surface area contributed by atoms with Gasteiger partial charge in [0.05, 0.1) is 7.11 Å². The fourth-order valence-corrected chi connectivity index (χ4v) is 2.80. The van der Waals surface area contributed by atoms with Crippen LogP contribution < -0.4 is 15.2 Å². The topological polar surface area (TPSA) is 64.8 Å². The maximum atomic E-state index is 12.8. The molecule has 5 nitrogen and oxygen atoms in total. The smallest absolute Gasteiger partial charge is 0.254 e. The van der Waals surface area contributed by atoms with Crippen molar-refractivity contribution < 1.29 is 14.3 Å². The summed E-state index contributed by atoms with van der Waals surface area (Å²) in [5.41, 5.74) is 6.66. The Morgan fingerprint density at radius 3 is 2.75 bits per heavy atom. The second kappa shape index (κ2) is 8.40. The van der Waals surface area contributed by atoms with Gasteiger partial charge in [0.15, 0.2) is 11.5 Å². The van der Waals surface area contributed by atoms with E-state index in [1.54, 1.807) is 31.4 Å². The molecule has 0 radical (unpaired) electrons. The minimum atomic E-state index is -0.0784. The fraction of sp³-hybridized carbons (Fsp3) is 0.500. The molecule has 2 N–H and O–H groups in total. The van der Waals surface area contributed by atoms with Crippen LogP contribution in [0.3, 0.4) is 0 Å². The van der Waals surface area contributed by atoms with Gasteiger partial charge in [0, 0.05) is 24.7 Å². The van der Waals surface area contributed by atoms with Crippen LogP contribution in [-0.4, -0.2) is 43.7 Å². The van der Waals surface area contributed by atoms with Gasteiger partial charge in [-0.2, -0.15) is 0 Å². The summed E-state index contributed by atoms with van der Waals surface area (Å²) in [6.07, 6.45) is 2.48. The highest BCUT2D eigenvalue weighted by molar-refractivity contribution is 5.95. The Balaban J connectivity index is 0.00000288. The molecule has 1 unspecified atom stereocenters. The minimum Gasteiger partial charge on any atom is -0.493 e. The van der Waals surface area contributed by atoms with Crippen molar-refractivity contribution in [2.45, 2.75) is 26.3 Å². The lowest BCUT2D eigenvalue weighted by Gasteiger charge is -2.42. The number of amides is 1. The molecule has 1 heterocycles. The number of halogens is 1. The molecule has 0 aliphatic carbocycles. The van der Waals surface area contributed by atoms with Gasteiger partial charge in [0.2, 0.25) is 0 Å². The van der Waals surface area contributed by atoms with E-state index >= 15 is 0 Å². The van der Waals surface area contributed by atoms with Crippen molar-refractivity contribution in [3.05, 3.63) is 36.4 Å². The van der Waals surface area contributed by atoms with Crippen LogP contribution in [0.5, 0.6) is 11.5 Å². The lowest BCUT2D eigenvalue weighted by molar-refractivity contribution is 0.0532. The zero-order valence-corrected chi connectivity index (χ0v) is 15.4. The van der Waals surface area contributed by atoms with E-state index in [9.17, 15) is 4.79 Å². The Morgan fingerprint density at radius 1 is 1.46 bits per heavy atom. The van der Waals surface area contributed by atoms with Crippen LogP contribution in [0, 0.1) is 5.41 Å². The predicted molar refractivity (Wildman–Crippen MR) is 98.2 cm³/mol. The molecule has 0 saturated carbocycles. The highest BCUT2D eigenvalue weighted by Crippen LogP contribution is 2.31. The molecule has 1 atom stereocenters. The molecular formula is C18H27ClN2O3. The van der Waals surface area contributed by atoms with E-state index in [4.69, 9.17) is 15.2 Å². The third-order valence-corrected chi connectivity index (χ3v) is 4.37. The lowest BCUT2D eigenvalue weighted by Crippen LogP contribution is -2.53. The first-order valence-corrected chi connectivity index (χ1v) is 7.85.